The van der Waals surface area contributed by atoms with E-state index in [-0.39, 0.29) is 17.6 Å². The molecule has 0 fully saturated rings. The zero-order chi connectivity index (χ0) is 18.9. The fourth-order valence-corrected chi connectivity index (χ4v) is 2.95. The second-order valence-electron chi connectivity index (χ2n) is 7.47. The molecule has 26 heavy (non-hydrogen) atoms. The van der Waals surface area contributed by atoms with Gasteiger partial charge in [0.05, 0.1) is 5.39 Å². The Labute approximate surface area is 153 Å². The predicted octanol–water partition coefficient (Wildman–Crippen LogP) is 5.05. The van der Waals surface area contributed by atoms with Gasteiger partial charge in [-0.1, -0.05) is 45.0 Å². The van der Waals surface area contributed by atoms with Gasteiger partial charge in [-0.2, -0.15) is 0 Å². The van der Waals surface area contributed by atoms with E-state index in [0.717, 1.165) is 11.1 Å². The van der Waals surface area contributed by atoms with Crippen LogP contribution in [-0.2, 0) is 10.2 Å². The second kappa shape index (κ2) is 6.96. The number of benzene rings is 2. The lowest BCUT2D eigenvalue weighted by atomic mass is 9.86. The number of ether oxygens (including phenoxy) is 2. The lowest BCUT2D eigenvalue weighted by Crippen LogP contribution is -2.10. The van der Waals surface area contributed by atoms with Crippen LogP contribution in [0.25, 0.3) is 22.3 Å². The monoisotopic (exact) mass is 352 g/mol. The first-order valence-corrected chi connectivity index (χ1v) is 8.61. The van der Waals surface area contributed by atoms with E-state index in [2.05, 4.69) is 32.9 Å². The molecule has 0 amide bonds. The third-order valence-corrected chi connectivity index (χ3v) is 4.38. The SMILES string of the molecule is COCOc1cc(C)c2c(=O)cc(-c3ccc(C(C)(C)C)cc3)oc2c1. The molecular weight excluding hydrogens is 328 g/mol. The van der Waals surface area contributed by atoms with Crippen LogP contribution in [0.15, 0.2) is 51.7 Å². The van der Waals surface area contributed by atoms with Crippen LogP contribution in [0.5, 0.6) is 5.75 Å². The van der Waals surface area contributed by atoms with Gasteiger partial charge in [-0.05, 0) is 29.5 Å². The average Bonchev–Trinajstić information content (AvgIpc) is 2.58. The van der Waals surface area contributed by atoms with Crippen molar-refractivity contribution in [1.29, 1.82) is 0 Å². The van der Waals surface area contributed by atoms with Gasteiger partial charge in [0.1, 0.15) is 17.1 Å². The molecule has 1 heterocycles. The summed E-state index contributed by atoms with van der Waals surface area (Å²) in [5, 5.41) is 0.574. The van der Waals surface area contributed by atoms with Gasteiger partial charge < -0.3 is 13.9 Å². The summed E-state index contributed by atoms with van der Waals surface area (Å²) in [7, 11) is 1.56. The minimum atomic E-state index is -0.0584. The lowest BCUT2D eigenvalue weighted by molar-refractivity contribution is 0.0511. The molecule has 3 aromatic rings. The number of rotatable bonds is 4. The Morgan fingerprint density at radius 2 is 1.73 bits per heavy atom. The van der Waals surface area contributed by atoms with Crippen molar-refractivity contribution in [3.8, 4) is 17.1 Å². The Bertz CT molecular complexity index is 976. The molecular formula is C22H24O4. The highest BCUT2D eigenvalue weighted by Crippen LogP contribution is 2.29. The molecule has 0 unspecified atom stereocenters. The Morgan fingerprint density at radius 1 is 1.04 bits per heavy atom. The maximum Gasteiger partial charge on any atom is 0.193 e. The van der Waals surface area contributed by atoms with Crippen molar-refractivity contribution in [2.75, 3.05) is 13.9 Å². The van der Waals surface area contributed by atoms with Crippen LogP contribution in [0.4, 0.5) is 0 Å². The van der Waals surface area contributed by atoms with Crippen molar-refractivity contribution in [3.05, 3.63) is 63.8 Å². The van der Waals surface area contributed by atoms with E-state index >= 15 is 0 Å². The summed E-state index contributed by atoms with van der Waals surface area (Å²) in [6, 6.07) is 13.2. The summed E-state index contributed by atoms with van der Waals surface area (Å²) in [5.74, 6) is 1.16. The minimum Gasteiger partial charge on any atom is -0.467 e. The van der Waals surface area contributed by atoms with E-state index in [4.69, 9.17) is 13.9 Å². The molecule has 4 heteroatoms. The molecule has 2 aromatic carbocycles. The summed E-state index contributed by atoms with van der Waals surface area (Å²) in [5.41, 5.74) is 3.45. The van der Waals surface area contributed by atoms with Crippen LogP contribution in [0.1, 0.15) is 31.9 Å². The van der Waals surface area contributed by atoms with Gasteiger partial charge in [-0.15, -0.1) is 0 Å². The van der Waals surface area contributed by atoms with Crippen LogP contribution in [-0.4, -0.2) is 13.9 Å². The standard InChI is InChI=1S/C22H24O4/c1-14-10-17(25-13-24-5)11-20-21(14)18(23)12-19(26-20)15-6-8-16(9-7-15)22(2,3)4/h6-12H,13H2,1-5H3. The van der Waals surface area contributed by atoms with Crippen molar-refractivity contribution >= 4 is 11.0 Å². The molecule has 0 saturated carbocycles. The molecule has 0 radical (unpaired) electrons. The van der Waals surface area contributed by atoms with E-state index in [1.54, 1.807) is 19.2 Å². The van der Waals surface area contributed by atoms with Crippen molar-refractivity contribution in [3.63, 3.8) is 0 Å². The topological polar surface area (TPSA) is 48.7 Å². The summed E-state index contributed by atoms with van der Waals surface area (Å²) >= 11 is 0. The van der Waals surface area contributed by atoms with Crippen LogP contribution < -0.4 is 10.2 Å². The first-order valence-electron chi connectivity index (χ1n) is 8.61. The first-order chi connectivity index (χ1) is 12.3. The average molecular weight is 352 g/mol. The van der Waals surface area contributed by atoms with Crippen molar-refractivity contribution in [2.45, 2.75) is 33.1 Å². The first kappa shape index (κ1) is 18.2. The summed E-state index contributed by atoms with van der Waals surface area (Å²) in [6.45, 7) is 8.52. The van der Waals surface area contributed by atoms with E-state index in [1.807, 2.05) is 25.1 Å². The number of hydrogen-bond acceptors (Lipinski definition) is 4. The van der Waals surface area contributed by atoms with Gasteiger partial charge in [0.25, 0.3) is 0 Å². The highest BCUT2D eigenvalue weighted by Gasteiger charge is 2.15. The highest BCUT2D eigenvalue weighted by molar-refractivity contribution is 5.83. The molecule has 0 spiro atoms. The van der Waals surface area contributed by atoms with Gasteiger partial charge in [-0.25, -0.2) is 0 Å². The molecule has 0 aliphatic rings. The fraction of sp³-hybridized carbons (Fsp3) is 0.318. The van der Waals surface area contributed by atoms with Gasteiger partial charge in [0.2, 0.25) is 0 Å². The van der Waals surface area contributed by atoms with Crippen molar-refractivity contribution in [2.24, 2.45) is 0 Å². The van der Waals surface area contributed by atoms with Crippen LogP contribution in [0.3, 0.4) is 0 Å². The molecule has 0 saturated heterocycles. The highest BCUT2D eigenvalue weighted by atomic mass is 16.7. The second-order valence-corrected chi connectivity index (χ2v) is 7.47. The largest absolute Gasteiger partial charge is 0.467 e. The molecule has 1 aromatic heterocycles. The Balaban J connectivity index is 2.08. The van der Waals surface area contributed by atoms with Gasteiger partial charge in [0, 0.05) is 24.8 Å². The molecule has 0 aliphatic carbocycles. The molecule has 0 N–H and O–H groups in total. The smallest absolute Gasteiger partial charge is 0.193 e. The molecule has 3 rings (SSSR count). The maximum atomic E-state index is 12.6. The molecule has 136 valence electrons. The quantitative estimate of drug-likeness (QED) is 0.617. The summed E-state index contributed by atoms with van der Waals surface area (Å²) in [4.78, 5) is 12.6. The van der Waals surface area contributed by atoms with Crippen LogP contribution >= 0.6 is 0 Å². The van der Waals surface area contributed by atoms with E-state index in [1.165, 1.54) is 5.56 Å². The normalized spacial score (nSPS) is 11.7. The fourth-order valence-electron chi connectivity index (χ4n) is 2.95. The zero-order valence-corrected chi connectivity index (χ0v) is 15.9. The Morgan fingerprint density at radius 3 is 2.35 bits per heavy atom. The molecule has 4 nitrogen and oxygen atoms in total. The summed E-state index contributed by atoms with van der Waals surface area (Å²) in [6.07, 6.45) is 0. The minimum absolute atomic E-state index is 0.0584. The maximum absolute atomic E-state index is 12.6. The Hall–Kier alpha value is -2.59. The van der Waals surface area contributed by atoms with Crippen LogP contribution in [0.2, 0.25) is 0 Å². The van der Waals surface area contributed by atoms with Crippen LogP contribution in [0, 0.1) is 6.92 Å². The molecule has 0 atom stereocenters. The van der Waals surface area contributed by atoms with Gasteiger partial charge in [0.15, 0.2) is 12.2 Å². The summed E-state index contributed by atoms with van der Waals surface area (Å²) < 4.78 is 16.5. The van der Waals surface area contributed by atoms with E-state index in [0.29, 0.717) is 22.5 Å². The molecule has 0 bridgehead atoms. The number of fused-ring (bicyclic) bond motifs is 1. The number of hydrogen-bond donors (Lipinski definition) is 0. The predicted molar refractivity (Wildman–Crippen MR) is 104 cm³/mol. The number of aryl methyl sites for hydroxylation is 1. The third-order valence-electron chi connectivity index (χ3n) is 4.38. The third kappa shape index (κ3) is 3.65. The van der Waals surface area contributed by atoms with Gasteiger partial charge in [-0.3, -0.25) is 4.79 Å². The van der Waals surface area contributed by atoms with Gasteiger partial charge >= 0.3 is 0 Å². The lowest BCUT2D eigenvalue weighted by Gasteiger charge is -2.19. The van der Waals surface area contributed by atoms with E-state index in [9.17, 15) is 4.79 Å². The Kier molecular flexibility index (Phi) is 4.88. The number of methoxy groups -OCH3 is 1. The molecule has 0 aliphatic heterocycles. The van der Waals surface area contributed by atoms with Crippen molar-refractivity contribution < 1.29 is 13.9 Å². The van der Waals surface area contributed by atoms with E-state index < -0.39 is 0 Å². The zero-order valence-electron chi connectivity index (χ0n) is 15.9. The van der Waals surface area contributed by atoms with Crippen molar-refractivity contribution in [1.82, 2.24) is 0 Å².